The highest BCUT2D eigenvalue weighted by molar-refractivity contribution is 5.88. The number of aliphatic hydroxyl groups is 7. The molecule has 1 unspecified atom stereocenters. The Kier molecular flexibility index (Phi) is 9.25. The highest BCUT2D eigenvalue weighted by atomic mass is 16.7. The van der Waals surface area contributed by atoms with Gasteiger partial charge in [-0.05, 0) is 12.1 Å². The lowest BCUT2D eigenvalue weighted by atomic mass is 9.97. The number of nitrogens with zero attached hydrogens (tertiary/aromatic N) is 1. The molecule has 2 aliphatic rings. The summed E-state index contributed by atoms with van der Waals surface area (Å²) in [7, 11) is 0. The molecule has 1 aromatic rings. The molecule has 1 aromatic carbocycles. The number of ether oxygens (including phenoxy) is 4. The van der Waals surface area contributed by atoms with Crippen molar-refractivity contribution < 1.29 is 69.5 Å². The van der Waals surface area contributed by atoms with Gasteiger partial charge in [-0.2, -0.15) is 0 Å². The summed E-state index contributed by atoms with van der Waals surface area (Å²) < 4.78 is 21.4. The van der Waals surface area contributed by atoms with Gasteiger partial charge in [-0.25, -0.2) is 4.79 Å². The molecule has 16 nitrogen and oxygen atoms in total. The van der Waals surface area contributed by atoms with E-state index in [1.807, 2.05) is 0 Å². The van der Waals surface area contributed by atoms with Gasteiger partial charge in [0.15, 0.2) is 12.6 Å². The summed E-state index contributed by atoms with van der Waals surface area (Å²) in [5.41, 5.74) is -0.956. The maximum atomic E-state index is 11.3. The van der Waals surface area contributed by atoms with E-state index >= 15 is 0 Å². The van der Waals surface area contributed by atoms with Crippen LogP contribution in [0.15, 0.2) is 18.2 Å². The van der Waals surface area contributed by atoms with E-state index in [9.17, 15) is 50.7 Å². The lowest BCUT2D eigenvalue weighted by molar-refractivity contribution is -0.386. The fraction of sp³-hybridized carbons (Fsp3) is 0.650. The molecule has 0 radical (unpaired) electrons. The normalized spacial score (nSPS) is 37.0. The van der Waals surface area contributed by atoms with Crippen LogP contribution >= 0.6 is 0 Å². The molecule has 0 bridgehead atoms. The Morgan fingerprint density at radius 1 is 0.917 bits per heavy atom. The topological polar surface area (TPSA) is 259 Å². The molecular formula is C20H27NO15. The van der Waals surface area contributed by atoms with E-state index in [1.54, 1.807) is 0 Å². The van der Waals surface area contributed by atoms with Crippen LogP contribution in [0.5, 0.6) is 0 Å². The molecule has 2 fully saturated rings. The lowest BCUT2D eigenvalue weighted by Crippen LogP contribution is -2.64. The van der Waals surface area contributed by atoms with Crippen LogP contribution in [0.4, 0.5) is 5.69 Å². The zero-order valence-corrected chi connectivity index (χ0v) is 18.5. The zero-order chi connectivity index (χ0) is 26.7. The van der Waals surface area contributed by atoms with E-state index in [2.05, 4.69) is 0 Å². The quantitative estimate of drug-likeness (QED) is 0.115. The number of nitro benzene ring substituents is 1. The van der Waals surface area contributed by atoms with Gasteiger partial charge in [-0.1, -0.05) is 0 Å². The fourth-order valence-electron chi connectivity index (χ4n) is 3.85. The molecule has 3 rings (SSSR count). The van der Waals surface area contributed by atoms with Gasteiger partial charge in [0.1, 0.15) is 48.8 Å². The lowest BCUT2D eigenvalue weighted by Gasteiger charge is -2.45. The van der Waals surface area contributed by atoms with Gasteiger partial charge in [-0.3, -0.25) is 10.1 Å². The fourth-order valence-corrected chi connectivity index (χ4v) is 3.85. The minimum absolute atomic E-state index is 0.0597. The van der Waals surface area contributed by atoms with Crippen molar-refractivity contribution in [3.63, 3.8) is 0 Å². The number of aliphatic hydroxyl groups excluding tert-OH is 7. The van der Waals surface area contributed by atoms with Gasteiger partial charge in [0.2, 0.25) is 0 Å². The zero-order valence-electron chi connectivity index (χ0n) is 18.5. The predicted octanol–water partition coefficient (Wildman–Crippen LogP) is -3.57. The second-order valence-corrected chi connectivity index (χ2v) is 8.22. The number of carboxylic acid groups (broad SMARTS) is 1. The van der Waals surface area contributed by atoms with E-state index in [0.29, 0.717) is 0 Å². The summed E-state index contributed by atoms with van der Waals surface area (Å²) >= 11 is 0. The van der Waals surface area contributed by atoms with E-state index in [4.69, 9.17) is 24.1 Å². The summed E-state index contributed by atoms with van der Waals surface area (Å²) in [5.74, 6) is -1.38. The minimum atomic E-state index is -1.83. The van der Waals surface area contributed by atoms with Crippen LogP contribution in [0, 0.1) is 10.1 Å². The smallest absolute Gasteiger partial charge is 0.335 e. The first kappa shape index (κ1) is 28.2. The van der Waals surface area contributed by atoms with Gasteiger partial charge >= 0.3 is 5.97 Å². The first-order valence-corrected chi connectivity index (χ1v) is 10.7. The summed E-state index contributed by atoms with van der Waals surface area (Å²) in [6.45, 7) is -2.07. The second-order valence-electron chi connectivity index (χ2n) is 8.22. The van der Waals surface area contributed by atoms with E-state index in [-0.39, 0.29) is 11.1 Å². The van der Waals surface area contributed by atoms with Crippen molar-refractivity contribution in [3.8, 4) is 0 Å². The Bertz CT molecular complexity index is 926. The standard InChI is InChI=1S/C20H27NO15/c22-4-10-12(24)13(25)15(27)20(34-10)36-17-11(5-23)35-19(16(28)14(17)26)33-6-8-2-1-7(18(29)30)3-9(8)21(31)32/h1-3,10-17,19-20,22-28H,4-6H2,(H,29,30)/t10-,11-,12-,13+,14-,15-,16-,17-,19-,20?/m1/s1. The van der Waals surface area contributed by atoms with Crippen LogP contribution in [0.25, 0.3) is 0 Å². The molecule has 0 aromatic heterocycles. The number of nitro groups is 1. The number of carbonyl (C=O) groups is 1. The first-order valence-electron chi connectivity index (χ1n) is 10.7. The molecule has 0 amide bonds. The maximum absolute atomic E-state index is 11.3. The molecule has 10 atom stereocenters. The molecule has 2 saturated heterocycles. The summed E-state index contributed by atoms with van der Waals surface area (Å²) in [6.07, 6.45) is -16.5. The van der Waals surface area contributed by atoms with Crippen LogP contribution in [0.3, 0.4) is 0 Å². The third-order valence-corrected chi connectivity index (χ3v) is 5.89. The second kappa shape index (κ2) is 11.8. The SMILES string of the molecule is O=C(O)c1ccc(CO[C@@H]2O[C@H](CO)[C@@H](OC3O[C@H](CO)[C@@H](O)[C@H](O)[C@H]3O)[C@H](O)[C@H]2O)c([N+](=O)[O-])c1. The summed E-state index contributed by atoms with van der Waals surface area (Å²) in [5, 5.41) is 90.3. The molecule has 202 valence electrons. The van der Waals surface area contributed by atoms with Gasteiger partial charge in [0, 0.05) is 6.07 Å². The molecule has 0 spiro atoms. The largest absolute Gasteiger partial charge is 0.478 e. The van der Waals surface area contributed by atoms with E-state index < -0.39 is 97.8 Å². The molecule has 36 heavy (non-hydrogen) atoms. The maximum Gasteiger partial charge on any atom is 0.335 e. The van der Waals surface area contributed by atoms with Crippen molar-refractivity contribution in [2.24, 2.45) is 0 Å². The molecule has 0 aliphatic carbocycles. The summed E-state index contributed by atoms with van der Waals surface area (Å²) in [6, 6.07) is 3.08. The average Bonchev–Trinajstić information content (AvgIpc) is 2.86. The number of benzene rings is 1. The van der Waals surface area contributed by atoms with Crippen LogP contribution in [-0.2, 0) is 25.6 Å². The number of carboxylic acids is 1. The van der Waals surface area contributed by atoms with E-state index in [1.165, 1.54) is 0 Å². The number of hydrogen-bond acceptors (Lipinski definition) is 14. The summed E-state index contributed by atoms with van der Waals surface area (Å²) in [4.78, 5) is 21.6. The Hall–Kier alpha value is -2.35. The van der Waals surface area contributed by atoms with Crippen LogP contribution in [0.1, 0.15) is 15.9 Å². The van der Waals surface area contributed by atoms with E-state index in [0.717, 1.165) is 18.2 Å². The van der Waals surface area contributed by atoms with Crippen LogP contribution in [0.2, 0.25) is 0 Å². The Morgan fingerprint density at radius 2 is 1.53 bits per heavy atom. The highest BCUT2D eigenvalue weighted by Gasteiger charge is 2.50. The average molecular weight is 521 g/mol. The molecule has 8 N–H and O–H groups in total. The number of rotatable bonds is 9. The van der Waals surface area contributed by atoms with Crippen LogP contribution < -0.4 is 0 Å². The molecule has 2 heterocycles. The van der Waals surface area contributed by atoms with Crippen LogP contribution in [-0.4, -0.2) is 126 Å². The van der Waals surface area contributed by atoms with Crippen molar-refractivity contribution in [1.82, 2.24) is 0 Å². The van der Waals surface area contributed by atoms with Gasteiger partial charge < -0.3 is 59.8 Å². The third kappa shape index (κ3) is 5.79. The van der Waals surface area contributed by atoms with Gasteiger partial charge in [0.25, 0.3) is 5.69 Å². The Morgan fingerprint density at radius 3 is 2.11 bits per heavy atom. The number of aromatic carboxylic acids is 1. The molecular weight excluding hydrogens is 494 g/mol. The molecule has 2 aliphatic heterocycles. The highest BCUT2D eigenvalue weighted by Crippen LogP contribution is 2.30. The van der Waals surface area contributed by atoms with Crippen molar-refractivity contribution in [1.29, 1.82) is 0 Å². The predicted molar refractivity (Wildman–Crippen MR) is 111 cm³/mol. The monoisotopic (exact) mass is 521 g/mol. The van der Waals surface area contributed by atoms with Gasteiger partial charge in [-0.15, -0.1) is 0 Å². The van der Waals surface area contributed by atoms with Crippen molar-refractivity contribution in [2.45, 2.75) is 68.0 Å². The Balaban J connectivity index is 1.71. The van der Waals surface area contributed by atoms with Crippen molar-refractivity contribution >= 4 is 11.7 Å². The Labute approximate surface area is 202 Å². The minimum Gasteiger partial charge on any atom is -0.478 e. The number of hydrogen-bond donors (Lipinski definition) is 8. The first-order chi connectivity index (χ1) is 17.0. The molecule has 0 saturated carbocycles. The molecule has 16 heteroatoms. The van der Waals surface area contributed by atoms with Crippen molar-refractivity contribution in [2.75, 3.05) is 13.2 Å². The van der Waals surface area contributed by atoms with Crippen molar-refractivity contribution in [3.05, 3.63) is 39.4 Å². The third-order valence-electron chi connectivity index (χ3n) is 5.89. The van der Waals surface area contributed by atoms with Gasteiger partial charge in [0.05, 0.1) is 35.9 Å².